The Morgan fingerprint density at radius 1 is 1.40 bits per heavy atom. The number of anilines is 2. The maximum atomic E-state index is 12.4. The Hall–Kier alpha value is -0.820. The summed E-state index contributed by atoms with van der Waals surface area (Å²) in [5.41, 5.74) is 5.84. The van der Waals surface area contributed by atoms with Crippen LogP contribution >= 0.6 is 11.5 Å². The predicted octanol–water partition coefficient (Wildman–Crippen LogP) is 2.53. The summed E-state index contributed by atoms with van der Waals surface area (Å²) in [4.78, 5) is 2.43. The first-order chi connectivity index (χ1) is 9.36. The minimum Gasteiger partial charge on any atom is -0.382 e. The zero-order valence-corrected chi connectivity index (χ0v) is 13.9. The first kappa shape index (κ1) is 15.6. The molecule has 2 unspecified atom stereocenters. The summed E-state index contributed by atoms with van der Waals surface area (Å²) >= 11 is 1.21. The number of rotatable bonds is 4. The number of nitrogen functional groups attached to an aromatic ring is 1. The molecule has 1 aliphatic heterocycles. The van der Waals surface area contributed by atoms with Crippen LogP contribution in [0.2, 0.25) is 0 Å². The van der Waals surface area contributed by atoms with Crippen LogP contribution in [-0.2, 0) is 9.84 Å². The van der Waals surface area contributed by atoms with Crippen molar-refractivity contribution in [3.8, 4) is 0 Å². The van der Waals surface area contributed by atoms with Gasteiger partial charge in [-0.3, -0.25) is 0 Å². The van der Waals surface area contributed by atoms with Crippen LogP contribution in [0.3, 0.4) is 0 Å². The van der Waals surface area contributed by atoms with Crippen molar-refractivity contribution in [1.82, 2.24) is 4.37 Å². The Morgan fingerprint density at radius 2 is 2.10 bits per heavy atom. The topological polar surface area (TPSA) is 76.3 Å². The van der Waals surface area contributed by atoms with E-state index in [1.165, 1.54) is 18.0 Å². The molecular formula is C13H23N3O2S2. The highest BCUT2D eigenvalue weighted by molar-refractivity contribution is 7.91. The number of aromatic nitrogens is 1. The Kier molecular flexibility index (Phi) is 4.59. The molecule has 1 fully saturated rings. The van der Waals surface area contributed by atoms with Crippen LogP contribution in [0.1, 0.15) is 40.0 Å². The summed E-state index contributed by atoms with van der Waals surface area (Å²) in [5, 5.41) is 0.731. The smallest absolute Gasteiger partial charge is 0.185 e. The van der Waals surface area contributed by atoms with Crippen LogP contribution < -0.4 is 10.6 Å². The van der Waals surface area contributed by atoms with E-state index in [9.17, 15) is 8.42 Å². The molecule has 0 spiro atoms. The van der Waals surface area contributed by atoms with Gasteiger partial charge in [-0.05, 0) is 43.6 Å². The first-order valence-electron chi connectivity index (χ1n) is 7.11. The van der Waals surface area contributed by atoms with Gasteiger partial charge >= 0.3 is 0 Å². The standard InChI is InChI=1S/C13H23N3O2S2/c1-4-7-20(17,18)11-12(14)15-19-13(11)16-8-9(2)5-6-10(16)3/h9-10H,4-8H2,1-3H3,(H2,14,15). The number of sulfone groups is 1. The zero-order chi connectivity index (χ0) is 14.9. The molecule has 2 N–H and O–H groups in total. The third kappa shape index (κ3) is 2.93. The fraction of sp³-hybridized carbons (Fsp3) is 0.769. The van der Waals surface area contributed by atoms with Gasteiger partial charge in [0, 0.05) is 12.6 Å². The third-order valence-corrected chi connectivity index (χ3v) is 6.82. The molecule has 2 rings (SSSR count). The van der Waals surface area contributed by atoms with Gasteiger partial charge in [0.2, 0.25) is 0 Å². The number of piperidine rings is 1. The Labute approximate surface area is 125 Å². The summed E-state index contributed by atoms with van der Waals surface area (Å²) in [6.07, 6.45) is 2.85. The van der Waals surface area contributed by atoms with Crippen LogP contribution in [0.25, 0.3) is 0 Å². The molecular weight excluding hydrogens is 294 g/mol. The van der Waals surface area contributed by atoms with E-state index >= 15 is 0 Å². The van der Waals surface area contributed by atoms with E-state index in [1.54, 1.807) is 0 Å². The fourth-order valence-electron chi connectivity index (χ4n) is 2.70. The second kappa shape index (κ2) is 5.89. The van der Waals surface area contributed by atoms with Gasteiger partial charge < -0.3 is 10.6 Å². The maximum Gasteiger partial charge on any atom is 0.185 e. The molecule has 7 heteroatoms. The van der Waals surface area contributed by atoms with Gasteiger partial charge in [0.05, 0.1) is 5.75 Å². The number of nitrogens with zero attached hydrogens (tertiary/aromatic N) is 2. The average molecular weight is 317 g/mol. The molecule has 0 aromatic carbocycles. The molecule has 0 aliphatic carbocycles. The lowest BCUT2D eigenvalue weighted by Gasteiger charge is -2.37. The van der Waals surface area contributed by atoms with E-state index < -0.39 is 9.84 Å². The molecule has 114 valence electrons. The molecule has 0 radical (unpaired) electrons. The van der Waals surface area contributed by atoms with Gasteiger partial charge in [0.15, 0.2) is 15.7 Å². The number of hydrogen-bond acceptors (Lipinski definition) is 6. The van der Waals surface area contributed by atoms with Crippen molar-refractivity contribution in [1.29, 1.82) is 0 Å². The molecule has 2 heterocycles. The lowest BCUT2D eigenvalue weighted by molar-refractivity contribution is 0.390. The second-order valence-corrected chi connectivity index (χ2v) is 8.50. The van der Waals surface area contributed by atoms with Crippen molar-refractivity contribution in [2.75, 3.05) is 22.9 Å². The normalized spacial score (nSPS) is 24.1. The van der Waals surface area contributed by atoms with E-state index in [1.807, 2.05) is 6.92 Å². The summed E-state index contributed by atoms with van der Waals surface area (Å²) < 4.78 is 28.9. The quantitative estimate of drug-likeness (QED) is 0.923. The monoisotopic (exact) mass is 317 g/mol. The molecule has 1 aromatic rings. The van der Waals surface area contributed by atoms with Gasteiger partial charge in [-0.25, -0.2) is 8.42 Å². The van der Waals surface area contributed by atoms with Crippen LogP contribution in [0.15, 0.2) is 4.90 Å². The van der Waals surface area contributed by atoms with Crippen LogP contribution in [-0.4, -0.2) is 31.1 Å². The van der Waals surface area contributed by atoms with E-state index in [0.717, 1.165) is 18.0 Å². The maximum absolute atomic E-state index is 12.4. The molecule has 0 bridgehead atoms. The highest BCUT2D eigenvalue weighted by Crippen LogP contribution is 2.39. The lowest BCUT2D eigenvalue weighted by Crippen LogP contribution is -2.41. The summed E-state index contributed by atoms with van der Waals surface area (Å²) in [7, 11) is -3.34. The fourth-order valence-corrected chi connectivity index (χ4v) is 5.57. The van der Waals surface area contributed by atoms with Crippen LogP contribution in [0.5, 0.6) is 0 Å². The summed E-state index contributed by atoms with van der Waals surface area (Å²) in [6, 6.07) is 0.335. The van der Waals surface area contributed by atoms with Crippen molar-refractivity contribution >= 4 is 32.2 Å². The van der Waals surface area contributed by atoms with Gasteiger partial charge in [-0.2, -0.15) is 4.37 Å². The van der Waals surface area contributed by atoms with E-state index in [0.29, 0.717) is 18.4 Å². The lowest BCUT2D eigenvalue weighted by atomic mass is 9.95. The molecule has 1 aliphatic rings. The molecule has 0 saturated carbocycles. The predicted molar refractivity (Wildman–Crippen MR) is 84.1 cm³/mol. The van der Waals surface area contributed by atoms with Crippen molar-refractivity contribution in [2.45, 2.75) is 51.0 Å². The van der Waals surface area contributed by atoms with Crippen molar-refractivity contribution in [3.63, 3.8) is 0 Å². The minimum absolute atomic E-state index is 0.125. The van der Waals surface area contributed by atoms with Gasteiger partial charge in [-0.15, -0.1) is 0 Å². The third-order valence-electron chi connectivity index (χ3n) is 3.82. The Bertz CT molecular complexity index is 568. The van der Waals surface area contributed by atoms with Gasteiger partial charge in [-0.1, -0.05) is 13.8 Å². The van der Waals surface area contributed by atoms with E-state index in [2.05, 4.69) is 23.1 Å². The van der Waals surface area contributed by atoms with E-state index in [4.69, 9.17) is 5.73 Å². The number of hydrogen-bond donors (Lipinski definition) is 1. The van der Waals surface area contributed by atoms with Gasteiger partial charge in [0.25, 0.3) is 0 Å². The van der Waals surface area contributed by atoms with Gasteiger partial charge in [0.1, 0.15) is 9.90 Å². The van der Waals surface area contributed by atoms with Crippen molar-refractivity contribution in [3.05, 3.63) is 0 Å². The largest absolute Gasteiger partial charge is 0.382 e. The van der Waals surface area contributed by atoms with Crippen molar-refractivity contribution in [2.24, 2.45) is 5.92 Å². The molecule has 1 saturated heterocycles. The molecule has 2 atom stereocenters. The average Bonchev–Trinajstić information content (AvgIpc) is 2.75. The molecule has 1 aromatic heterocycles. The molecule has 5 nitrogen and oxygen atoms in total. The minimum atomic E-state index is -3.34. The molecule has 20 heavy (non-hydrogen) atoms. The Morgan fingerprint density at radius 3 is 2.75 bits per heavy atom. The first-order valence-corrected chi connectivity index (χ1v) is 9.54. The van der Waals surface area contributed by atoms with E-state index in [-0.39, 0.29) is 16.5 Å². The Balaban J connectivity index is 2.43. The molecule has 0 amide bonds. The van der Waals surface area contributed by atoms with Crippen LogP contribution in [0.4, 0.5) is 10.8 Å². The summed E-state index contributed by atoms with van der Waals surface area (Å²) in [5.74, 6) is 0.848. The van der Waals surface area contributed by atoms with Crippen molar-refractivity contribution < 1.29 is 8.42 Å². The highest BCUT2D eigenvalue weighted by Gasteiger charge is 2.32. The zero-order valence-electron chi connectivity index (χ0n) is 12.3. The second-order valence-electron chi connectivity index (χ2n) is 5.70. The number of nitrogens with two attached hydrogens (primary N) is 1. The van der Waals surface area contributed by atoms with Crippen LogP contribution in [0, 0.1) is 5.92 Å². The SMILES string of the molecule is CCCS(=O)(=O)c1c(N)nsc1N1CC(C)CCC1C. The summed E-state index contributed by atoms with van der Waals surface area (Å²) in [6.45, 7) is 7.07. The highest BCUT2D eigenvalue weighted by atomic mass is 32.2.